The maximum Gasteiger partial charge on any atom is 0.323 e. The van der Waals surface area contributed by atoms with Crippen molar-refractivity contribution in [3.8, 4) is 0 Å². The number of nitrogens with zero attached hydrogens (tertiary/aromatic N) is 3. The molecule has 0 unspecified atom stereocenters. The van der Waals surface area contributed by atoms with Gasteiger partial charge < -0.3 is 9.47 Å². The number of hydrogen-bond donors (Lipinski definition) is 0. The maximum absolute atomic E-state index is 11.9. The van der Waals surface area contributed by atoms with Crippen LogP contribution in [0.3, 0.4) is 0 Å². The first-order valence-corrected chi connectivity index (χ1v) is 9.21. The molecule has 2 atom stereocenters. The molecule has 0 radical (unpaired) electrons. The van der Waals surface area contributed by atoms with Gasteiger partial charge in [0, 0.05) is 13.1 Å². The van der Waals surface area contributed by atoms with Gasteiger partial charge in [-0.3, -0.25) is 24.4 Å². The van der Waals surface area contributed by atoms with Crippen molar-refractivity contribution in [3.05, 3.63) is 29.6 Å². The van der Waals surface area contributed by atoms with E-state index in [1.165, 1.54) is 14.2 Å². The Morgan fingerprint density at radius 3 is 1.85 bits per heavy atom. The second-order valence-corrected chi connectivity index (χ2v) is 6.92. The van der Waals surface area contributed by atoms with Gasteiger partial charge in [-0.2, -0.15) is 0 Å². The van der Waals surface area contributed by atoms with Crippen molar-refractivity contribution in [3.63, 3.8) is 0 Å². The number of ether oxygens (including phenoxy) is 2. The van der Waals surface area contributed by atoms with Gasteiger partial charge in [-0.15, -0.1) is 0 Å². The van der Waals surface area contributed by atoms with Crippen molar-refractivity contribution < 1.29 is 19.1 Å². The zero-order valence-electron chi connectivity index (χ0n) is 15.5. The molecule has 2 aliphatic rings. The molecule has 2 saturated heterocycles. The molecular formula is C19H27N3O4. The van der Waals surface area contributed by atoms with Crippen LogP contribution in [-0.4, -0.2) is 66.1 Å². The van der Waals surface area contributed by atoms with Gasteiger partial charge in [0.05, 0.1) is 25.6 Å². The molecule has 2 fully saturated rings. The van der Waals surface area contributed by atoms with E-state index in [2.05, 4.69) is 9.80 Å². The Morgan fingerprint density at radius 2 is 1.42 bits per heavy atom. The molecule has 0 saturated carbocycles. The highest BCUT2D eigenvalue weighted by molar-refractivity contribution is 5.76. The fourth-order valence-corrected chi connectivity index (χ4v) is 3.96. The summed E-state index contributed by atoms with van der Waals surface area (Å²) < 4.78 is 9.82. The topological polar surface area (TPSA) is 72.0 Å². The van der Waals surface area contributed by atoms with E-state index in [4.69, 9.17) is 14.5 Å². The first-order valence-electron chi connectivity index (χ1n) is 9.21. The van der Waals surface area contributed by atoms with Crippen LogP contribution in [0.5, 0.6) is 0 Å². The number of methoxy groups -OCH3 is 2. The van der Waals surface area contributed by atoms with Gasteiger partial charge >= 0.3 is 11.9 Å². The maximum atomic E-state index is 11.9. The quantitative estimate of drug-likeness (QED) is 0.708. The molecule has 0 bridgehead atoms. The van der Waals surface area contributed by atoms with Gasteiger partial charge in [0.1, 0.15) is 12.1 Å². The summed E-state index contributed by atoms with van der Waals surface area (Å²) in [5.41, 5.74) is 1.87. The number of esters is 2. The molecule has 0 amide bonds. The number of carbonyl (C=O) groups is 2. The molecule has 142 valence electrons. The number of likely N-dealkylation sites (tertiary alicyclic amines) is 2. The lowest BCUT2D eigenvalue weighted by atomic mass is 10.2. The van der Waals surface area contributed by atoms with Gasteiger partial charge in [0.15, 0.2) is 0 Å². The minimum absolute atomic E-state index is 0.170. The summed E-state index contributed by atoms with van der Waals surface area (Å²) in [5.74, 6) is -0.340. The van der Waals surface area contributed by atoms with Gasteiger partial charge in [-0.05, 0) is 50.9 Å². The molecular weight excluding hydrogens is 334 g/mol. The number of hydrogen-bond acceptors (Lipinski definition) is 7. The summed E-state index contributed by atoms with van der Waals surface area (Å²) in [5, 5.41) is 0. The summed E-state index contributed by atoms with van der Waals surface area (Å²) >= 11 is 0. The van der Waals surface area contributed by atoms with E-state index >= 15 is 0 Å². The van der Waals surface area contributed by atoms with Crippen molar-refractivity contribution in [2.24, 2.45) is 0 Å². The van der Waals surface area contributed by atoms with Gasteiger partial charge in [0.2, 0.25) is 0 Å². The molecule has 3 heterocycles. The largest absolute Gasteiger partial charge is 0.468 e. The van der Waals surface area contributed by atoms with Gasteiger partial charge in [-0.25, -0.2) is 0 Å². The molecule has 0 spiro atoms. The molecule has 3 rings (SSSR count). The summed E-state index contributed by atoms with van der Waals surface area (Å²) in [4.78, 5) is 32.8. The fraction of sp³-hybridized carbons (Fsp3) is 0.632. The molecule has 0 aliphatic carbocycles. The van der Waals surface area contributed by atoms with E-state index in [0.29, 0.717) is 13.1 Å². The fourth-order valence-electron chi connectivity index (χ4n) is 3.96. The van der Waals surface area contributed by atoms with Crippen molar-refractivity contribution in [1.29, 1.82) is 0 Å². The van der Waals surface area contributed by atoms with E-state index < -0.39 is 0 Å². The van der Waals surface area contributed by atoms with E-state index in [1.54, 1.807) is 0 Å². The number of aromatic nitrogens is 1. The van der Waals surface area contributed by atoms with Crippen molar-refractivity contribution >= 4 is 11.9 Å². The van der Waals surface area contributed by atoms with Crippen molar-refractivity contribution in [1.82, 2.24) is 14.8 Å². The minimum atomic E-state index is -0.173. The van der Waals surface area contributed by atoms with Crippen LogP contribution in [0.4, 0.5) is 0 Å². The first kappa shape index (κ1) is 18.8. The highest BCUT2D eigenvalue weighted by Gasteiger charge is 2.33. The Hall–Kier alpha value is -1.99. The third-order valence-corrected chi connectivity index (χ3v) is 5.27. The lowest BCUT2D eigenvalue weighted by Crippen LogP contribution is -2.37. The second-order valence-electron chi connectivity index (χ2n) is 6.92. The van der Waals surface area contributed by atoms with Crippen LogP contribution in [0.2, 0.25) is 0 Å². The summed E-state index contributed by atoms with van der Waals surface area (Å²) in [7, 11) is 2.87. The van der Waals surface area contributed by atoms with Crippen molar-refractivity contribution in [2.75, 3.05) is 27.3 Å². The monoisotopic (exact) mass is 361 g/mol. The summed E-state index contributed by atoms with van der Waals surface area (Å²) in [6.45, 7) is 3.02. The number of rotatable bonds is 6. The van der Waals surface area contributed by atoms with E-state index in [1.807, 2.05) is 18.2 Å². The van der Waals surface area contributed by atoms with Crippen LogP contribution in [0, 0.1) is 0 Å². The highest BCUT2D eigenvalue weighted by atomic mass is 16.5. The zero-order chi connectivity index (χ0) is 18.5. The lowest BCUT2D eigenvalue weighted by molar-refractivity contribution is -0.146. The Bertz CT molecular complexity index is 600. The normalized spacial score (nSPS) is 23.9. The van der Waals surface area contributed by atoms with Crippen LogP contribution in [0.1, 0.15) is 37.1 Å². The molecule has 7 heteroatoms. The minimum Gasteiger partial charge on any atom is -0.468 e. The second kappa shape index (κ2) is 8.60. The van der Waals surface area contributed by atoms with Crippen LogP contribution in [0.25, 0.3) is 0 Å². The SMILES string of the molecule is COC(=O)[C@@H]1CCCN1Cc1cccc(CN2CCC[C@H]2C(=O)OC)n1. The third kappa shape index (κ3) is 4.22. The van der Waals surface area contributed by atoms with Crippen LogP contribution in [-0.2, 0) is 32.2 Å². The molecule has 7 nitrogen and oxygen atoms in total. The first-order chi connectivity index (χ1) is 12.6. The molecule has 1 aromatic rings. The molecule has 1 aromatic heterocycles. The average Bonchev–Trinajstić information content (AvgIpc) is 3.30. The number of carbonyl (C=O) groups excluding carboxylic acids is 2. The van der Waals surface area contributed by atoms with Gasteiger partial charge in [0.25, 0.3) is 0 Å². The predicted octanol–water partition coefficient (Wildman–Crippen LogP) is 1.36. The highest BCUT2D eigenvalue weighted by Crippen LogP contribution is 2.22. The Morgan fingerprint density at radius 1 is 0.962 bits per heavy atom. The molecule has 26 heavy (non-hydrogen) atoms. The lowest BCUT2D eigenvalue weighted by Gasteiger charge is -2.23. The molecule has 2 aliphatic heterocycles. The third-order valence-electron chi connectivity index (χ3n) is 5.27. The molecule has 0 N–H and O–H groups in total. The Kier molecular flexibility index (Phi) is 6.21. The zero-order valence-corrected chi connectivity index (χ0v) is 15.5. The van der Waals surface area contributed by atoms with Crippen molar-refractivity contribution in [2.45, 2.75) is 50.9 Å². The van der Waals surface area contributed by atoms with E-state index in [0.717, 1.165) is 50.2 Å². The Labute approximate surface area is 154 Å². The van der Waals surface area contributed by atoms with Crippen LogP contribution < -0.4 is 0 Å². The van der Waals surface area contributed by atoms with Crippen LogP contribution in [0.15, 0.2) is 18.2 Å². The number of pyridine rings is 1. The smallest absolute Gasteiger partial charge is 0.323 e. The Balaban J connectivity index is 1.65. The summed E-state index contributed by atoms with van der Waals surface area (Å²) in [6.07, 6.45) is 3.66. The van der Waals surface area contributed by atoms with Gasteiger partial charge in [-0.1, -0.05) is 6.07 Å². The average molecular weight is 361 g/mol. The summed E-state index contributed by atoms with van der Waals surface area (Å²) in [6, 6.07) is 5.61. The standard InChI is InChI=1S/C19H27N3O4/c1-25-18(23)16-8-4-10-21(16)12-14-6-3-7-15(20-14)13-22-11-5-9-17(22)19(24)26-2/h3,6-7,16-17H,4-5,8-13H2,1-2H3/t16-,17-/m0/s1. The predicted molar refractivity (Wildman–Crippen MR) is 95.1 cm³/mol. The van der Waals surface area contributed by atoms with E-state index in [-0.39, 0.29) is 24.0 Å². The molecule has 0 aromatic carbocycles. The van der Waals surface area contributed by atoms with E-state index in [9.17, 15) is 9.59 Å². The van der Waals surface area contributed by atoms with Crippen LogP contribution >= 0.6 is 0 Å².